The Kier molecular flexibility index (Phi) is 5.78. The van der Waals surface area contributed by atoms with E-state index in [1.807, 2.05) is 30.5 Å². The molecule has 0 unspecified atom stereocenters. The average molecular weight is 358 g/mol. The fourth-order valence-electron chi connectivity index (χ4n) is 3.11. The van der Waals surface area contributed by atoms with Crippen LogP contribution in [0.3, 0.4) is 0 Å². The van der Waals surface area contributed by atoms with E-state index in [-0.39, 0.29) is 23.9 Å². The molecule has 25 heavy (non-hydrogen) atoms. The van der Waals surface area contributed by atoms with Crippen molar-refractivity contribution in [3.8, 4) is 0 Å². The zero-order chi connectivity index (χ0) is 17.6. The summed E-state index contributed by atoms with van der Waals surface area (Å²) >= 11 is 1.58. The molecule has 2 aromatic rings. The second-order valence-electron chi connectivity index (χ2n) is 6.04. The molecule has 1 aliphatic heterocycles. The van der Waals surface area contributed by atoms with E-state index in [1.54, 1.807) is 29.7 Å². The van der Waals surface area contributed by atoms with Crippen molar-refractivity contribution in [2.75, 3.05) is 13.1 Å². The third kappa shape index (κ3) is 4.43. The molecule has 0 spiro atoms. The monoisotopic (exact) mass is 358 g/mol. The van der Waals surface area contributed by atoms with Gasteiger partial charge in [-0.2, -0.15) is 0 Å². The van der Waals surface area contributed by atoms with E-state index >= 15 is 0 Å². The average Bonchev–Trinajstić information content (AvgIpc) is 3.26. The molecule has 2 heterocycles. The molecule has 0 saturated carbocycles. The molecular formula is C18H22N4O2S. The number of likely N-dealkylation sites (tertiary alicyclic amines) is 1. The predicted octanol–water partition coefficient (Wildman–Crippen LogP) is 1.65. The van der Waals surface area contributed by atoms with Crippen molar-refractivity contribution in [2.45, 2.75) is 32.0 Å². The molecule has 0 aliphatic carbocycles. The first kappa shape index (κ1) is 17.6. The topological polar surface area (TPSA) is 74.3 Å². The van der Waals surface area contributed by atoms with E-state index in [2.05, 4.69) is 20.5 Å². The van der Waals surface area contributed by atoms with Gasteiger partial charge in [0.05, 0.1) is 12.6 Å². The van der Waals surface area contributed by atoms with Gasteiger partial charge in [-0.3, -0.25) is 14.5 Å². The highest BCUT2D eigenvalue weighted by atomic mass is 32.1. The lowest BCUT2D eigenvalue weighted by Crippen LogP contribution is -2.42. The highest BCUT2D eigenvalue weighted by Gasteiger charge is 2.37. The van der Waals surface area contributed by atoms with Crippen LogP contribution in [-0.4, -0.2) is 46.9 Å². The van der Waals surface area contributed by atoms with Crippen LogP contribution in [0.5, 0.6) is 0 Å². The minimum absolute atomic E-state index is 0.00974. The van der Waals surface area contributed by atoms with Crippen LogP contribution in [-0.2, 0) is 11.3 Å². The summed E-state index contributed by atoms with van der Waals surface area (Å²) in [5.41, 5.74) is 0.635. The molecule has 0 bridgehead atoms. The quantitative estimate of drug-likeness (QED) is 0.823. The standard InChI is InChI=1S/C18H22N4O2S/c1-2-19-18(24)15-10-14(11-22(15)12-16-20-8-9-25-16)21-17(23)13-6-4-3-5-7-13/h3-9,14-15H,2,10-12H2,1H3,(H,19,24)(H,21,23)/t14-,15-/m0/s1. The van der Waals surface area contributed by atoms with E-state index in [4.69, 9.17) is 0 Å². The Morgan fingerprint density at radius 3 is 2.80 bits per heavy atom. The van der Waals surface area contributed by atoms with Crippen molar-refractivity contribution in [3.05, 3.63) is 52.5 Å². The normalized spacial score (nSPS) is 20.4. The Balaban J connectivity index is 1.67. The Bertz CT molecular complexity index is 705. The number of amides is 2. The maximum atomic E-state index is 12.4. The summed E-state index contributed by atoms with van der Waals surface area (Å²) in [7, 11) is 0. The van der Waals surface area contributed by atoms with Gasteiger partial charge in [0.1, 0.15) is 5.01 Å². The highest BCUT2D eigenvalue weighted by Crippen LogP contribution is 2.22. The molecule has 2 N–H and O–H groups in total. The van der Waals surface area contributed by atoms with Crippen molar-refractivity contribution in [1.82, 2.24) is 20.5 Å². The Labute approximate surface area is 151 Å². The molecular weight excluding hydrogens is 336 g/mol. The number of thiazole rings is 1. The smallest absolute Gasteiger partial charge is 0.251 e. The van der Waals surface area contributed by atoms with E-state index in [0.717, 1.165) is 5.01 Å². The van der Waals surface area contributed by atoms with Crippen LogP contribution < -0.4 is 10.6 Å². The number of carbonyl (C=O) groups excluding carboxylic acids is 2. The maximum absolute atomic E-state index is 12.4. The summed E-state index contributed by atoms with van der Waals surface area (Å²) in [4.78, 5) is 31.2. The molecule has 1 aromatic carbocycles. The van der Waals surface area contributed by atoms with Crippen LogP contribution in [0.15, 0.2) is 41.9 Å². The van der Waals surface area contributed by atoms with Gasteiger partial charge in [-0.05, 0) is 25.5 Å². The lowest BCUT2D eigenvalue weighted by Gasteiger charge is -2.22. The Hall–Kier alpha value is -2.25. The molecule has 2 atom stereocenters. The van der Waals surface area contributed by atoms with Gasteiger partial charge in [-0.1, -0.05) is 18.2 Å². The van der Waals surface area contributed by atoms with Gasteiger partial charge in [0.25, 0.3) is 5.91 Å². The summed E-state index contributed by atoms with van der Waals surface area (Å²) < 4.78 is 0. The van der Waals surface area contributed by atoms with Gasteiger partial charge >= 0.3 is 0 Å². The van der Waals surface area contributed by atoms with Crippen molar-refractivity contribution in [3.63, 3.8) is 0 Å². The van der Waals surface area contributed by atoms with Gasteiger partial charge in [0.15, 0.2) is 0 Å². The zero-order valence-corrected chi connectivity index (χ0v) is 15.0. The first-order chi connectivity index (χ1) is 12.2. The molecule has 0 radical (unpaired) electrons. The summed E-state index contributed by atoms with van der Waals surface area (Å²) in [5.74, 6) is -0.0909. The van der Waals surface area contributed by atoms with Crippen LogP contribution in [0.25, 0.3) is 0 Å². The van der Waals surface area contributed by atoms with E-state index in [0.29, 0.717) is 31.6 Å². The minimum Gasteiger partial charge on any atom is -0.355 e. The van der Waals surface area contributed by atoms with Crippen LogP contribution in [0.2, 0.25) is 0 Å². The molecule has 1 fully saturated rings. The van der Waals surface area contributed by atoms with E-state index < -0.39 is 0 Å². The number of nitrogens with one attached hydrogen (secondary N) is 2. The zero-order valence-electron chi connectivity index (χ0n) is 14.1. The molecule has 7 heteroatoms. The number of carbonyl (C=O) groups is 2. The SMILES string of the molecule is CCNC(=O)[C@@H]1C[C@H](NC(=O)c2ccccc2)CN1Cc1nccs1. The van der Waals surface area contributed by atoms with Gasteiger partial charge in [-0.15, -0.1) is 11.3 Å². The third-order valence-electron chi connectivity index (χ3n) is 4.25. The first-order valence-electron chi connectivity index (χ1n) is 8.43. The lowest BCUT2D eigenvalue weighted by molar-refractivity contribution is -0.125. The minimum atomic E-state index is -0.245. The van der Waals surface area contributed by atoms with Gasteiger partial charge in [0.2, 0.25) is 5.91 Å². The first-order valence-corrected chi connectivity index (χ1v) is 9.31. The van der Waals surface area contributed by atoms with Crippen molar-refractivity contribution >= 4 is 23.2 Å². The van der Waals surface area contributed by atoms with Crippen molar-refractivity contribution in [1.29, 1.82) is 0 Å². The largest absolute Gasteiger partial charge is 0.355 e. The number of hydrogen-bond acceptors (Lipinski definition) is 5. The van der Waals surface area contributed by atoms with Crippen molar-refractivity contribution < 1.29 is 9.59 Å². The van der Waals surface area contributed by atoms with Crippen LogP contribution in [0.1, 0.15) is 28.7 Å². The number of nitrogens with zero attached hydrogens (tertiary/aromatic N) is 2. The van der Waals surface area contributed by atoms with Gasteiger partial charge in [-0.25, -0.2) is 4.98 Å². The predicted molar refractivity (Wildman–Crippen MR) is 97.3 cm³/mol. The second-order valence-corrected chi connectivity index (χ2v) is 7.02. The Morgan fingerprint density at radius 2 is 2.12 bits per heavy atom. The summed E-state index contributed by atoms with van der Waals surface area (Å²) in [6.07, 6.45) is 2.38. The fourth-order valence-corrected chi connectivity index (χ4v) is 3.75. The van der Waals surface area contributed by atoms with Crippen LogP contribution in [0.4, 0.5) is 0 Å². The van der Waals surface area contributed by atoms with Crippen molar-refractivity contribution in [2.24, 2.45) is 0 Å². The molecule has 1 aromatic heterocycles. The number of hydrogen-bond donors (Lipinski definition) is 2. The van der Waals surface area contributed by atoms with Gasteiger partial charge < -0.3 is 10.6 Å². The highest BCUT2D eigenvalue weighted by molar-refractivity contribution is 7.09. The summed E-state index contributed by atoms with van der Waals surface area (Å²) in [6, 6.07) is 8.85. The number of likely N-dealkylation sites (N-methyl/N-ethyl adjacent to an activating group) is 1. The summed E-state index contributed by atoms with van der Waals surface area (Å²) in [5, 5.41) is 8.85. The van der Waals surface area contributed by atoms with Crippen LogP contribution in [0, 0.1) is 0 Å². The maximum Gasteiger partial charge on any atom is 0.251 e. The second kappa shape index (κ2) is 8.22. The molecule has 3 rings (SSSR count). The molecule has 6 nitrogen and oxygen atoms in total. The number of benzene rings is 1. The fraction of sp³-hybridized carbons (Fsp3) is 0.389. The molecule has 1 aliphatic rings. The van der Waals surface area contributed by atoms with E-state index in [1.165, 1.54) is 0 Å². The number of rotatable bonds is 6. The van der Waals surface area contributed by atoms with Crippen LogP contribution >= 0.6 is 11.3 Å². The molecule has 132 valence electrons. The third-order valence-corrected chi connectivity index (χ3v) is 5.01. The summed E-state index contributed by atoms with van der Waals surface area (Å²) in [6.45, 7) is 3.77. The lowest BCUT2D eigenvalue weighted by atomic mass is 10.1. The van der Waals surface area contributed by atoms with Gasteiger partial charge in [0, 0.05) is 36.3 Å². The number of aromatic nitrogens is 1. The molecule has 1 saturated heterocycles. The molecule has 2 amide bonds. The Morgan fingerprint density at radius 1 is 1.32 bits per heavy atom. The van der Waals surface area contributed by atoms with E-state index in [9.17, 15) is 9.59 Å².